The molecule has 0 atom stereocenters. The van der Waals surface area contributed by atoms with Crippen molar-refractivity contribution in [3.05, 3.63) is 54.1 Å². The van der Waals surface area contributed by atoms with E-state index in [0.29, 0.717) is 6.07 Å². The predicted octanol–water partition coefficient (Wildman–Crippen LogP) is 3.20. The van der Waals surface area contributed by atoms with Gasteiger partial charge in [-0.3, -0.25) is 4.79 Å². The monoisotopic (exact) mass is 469 g/mol. The summed E-state index contributed by atoms with van der Waals surface area (Å²) < 4.78 is 55.3. The Morgan fingerprint density at radius 1 is 1.10 bits per heavy atom. The van der Waals surface area contributed by atoms with Crippen molar-refractivity contribution in [2.45, 2.75) is 9.24 Å². The summed E-state index contributed by atoms with van der Waals surface area (Å²) in [5.74, 6) is -1.86. The van der Waals surface area contributed by atoms with E-state index in [1.54, 1.807) is 4.90 Å². The van der Waals surface area contributed by atoms with E-state index < -0.39 is 26.6 Å². The molecule has 1 amide bonds. The van der Waals surface area contributed by atoms with Crippen molar-refractivity contribution in [2.24, 2.45) is 0 Å². The zero-order valence-corrected chi connectivity index (χ0v) is 18.1. The molecule has 0 spiro atoms. The Hall–Kier alpha value is -2.08. The number of rotatable bonds is 5. The van der Waals surface area contributed by atoms with Gasteiger partial charge in [0, 0.05) is 32.2 Å². The summed E-state index contributed by atoms with van der Waals surface area (Å²) >= 11 is 2.87. The van der Waals surface area contributed by atoms with Crippen LogP contribution in [0, 0.1) is 11.6 Å². The minimum Gasteiger partial charge on any atom is -0.339 e. The number of thioether (sulfide) groups is 1. The van der Waals surface area contributed by atoms with Gasteiger partial charge in [0.2, 0.25) is 15.9 Å². The van der Waals surface area contributed by atoms with E-state index in [1.807, 2.05) is 24.3 Å². The second-order valence-corrected chi connectivity index (χ2v) is 10.8. The minimum atomic E-state index is -4.09. The Labute approximate surface area is 180 Å². The van der Waals surface area contributed by atoms with Crippen molar-refractivity contribution < 1.29 is 22.0 Å². The van der Waals surface area contributed by atoms with Gasteiger partial charge in [-0.1, -0.05) is 23.9 Å². The highest BCUT2D eigenvalue weighted by Gasteiger charge is 2.32. The van der Waals surface area contributed by atoms with Gasteiger partial charge in [0.15, 0.2) is 4.34 Å². The van der Waals surface area contributed by atoms with Gasteiger partial charge in [0.1, 0.15) is 16.5 Å². The molecule has 2 aromatic carbocycles. The first kappa shape index (κ1) is 21.2. The number of hydrogen-bond acceptors (Lipinski definition) is 6. The van der Waals surface area contributed by atoms with Crippen molar-refractivity contribution in [1.82, 2.24) is 14.2 Å². The average molecular weight is 470 g/mol. The van der Waals surface area contributed by atoms with E-state index in [0.717, 1.165) is 31.0 Å². The highest BCUT2D eigenvalue weighted by Crippen LogP contribution is 2.29. The number of fused-ring (bicyclic) bond motifs is 1. The van der Waals surface area contributed by atoms with Crippen LogP contribution in [-0.4, -0.2) is 60.4 Å². The molecule has 0 aliphatic carbocycles. The number of amides is 1. The fourth-order valence-electron chi connectivity index (χ4n) is 3.13. The second-order valence-electron chi connectivity index (χ2n) is 6.60. The molecule has 30 heavy (non-hydrogen) atoms. The Morgan fingerprint density at radius 3 is 2.53 bits per heavy atom. The predicted molar refractivity (Wildman–Crippen MR) is 112 cm³/mol. The molecule has 0 bridgehead atoms. The molecule has 1 aromatic heterocycles. The molecule has 4 rings (SSSR count). The van der Waals surface area contributed by atoms with Crippen LogP contribution < -0.4 is 0 Å². The van der Waals surface area contributed by atoms with Crippen LogP contribution in [0.3, 0.4) is 0 Å². The lowest BCUT2D eigenvalue weighted by Crippen LogP contribution is -2.51. The minimum absolute atomic E-state index is 0.0523. The zero-order valence-electron chi connectivity index (χ0n) is 15.6. The zero-order chi connectivity index (χ0) is 21.3. The van der Waals surface area contributed by atoms with Gasteiger partial charge in [0.25, 0.3) is 0 Å². The van der Waals surface area contributed by atoms with E-state index in [2.05, 4.69) is 4.98 Å². The Bertz CT molecular complexity index is 1160. The number of halogens is 2. The van der Waals surface area contributed by atoms with Crippen LogP contribution in [0.15, 0.2) is 51.7 Å². The molecule has 1 fully saturated rings. The molecule has 1 aliphatic heterocycles. The summed E-state index contributed by atoms with van der Waals surface area (Å²) in [5, 5.41) is 0. The first-order valence-electron chi connectivity index (χ1n) is 9.06. The molecule has 11 heteroatoms. The Morgan fingerprint density at radius 2 is 1.83 bits per heavy atom. The summed E-state index contributed by atoms with van der Waals surface area (Å²) in [4.78, 5) is 18.0. The molecule has 6 nitrogen and oxygen atoms in total. The third-order valence-electron chi connectivity index (χ3n) is 4.70. The summed E-state index contributed by atoms with van der Waals surface area (Å²) in [6, 6.07) is 10.1. The van der Waals surface area contributed by atoms with Crippen LogP contribution in [0.25, 0.3) is 10.2 Å². The summed E-state index contributed by atoms with van der Waals surface area (Å²) in [5.41, 5.74) is 0.893. The molecule has 1 saturated heterocycles. The average Bonchev–Trinajstić information content (AvgIpc) is 3.15. The number of hydrogen-bond donors (Lipinski definition) is 0. The van der Waals surface area contributed by atoms with E-state index >= 15 is 0 Å². The number of carbonyl (C=O) groups is 1. The summed E-state index contributed by atoms with van der Waals surface area (Å²) in [7, 11) is -4.09. The number of para-hydroxylation sites is 1. The molecule has 0 unspecified atom stereocenters. The van der Waals surface area contributed by atoms with Gasteiger partial charge >= 0.3 is 0 Å². The lowest BCUT2D eigenvalue weighted by atomic mass is 10.3. The number of aromatic nitrogens is 1. The molecule has 2 heterocycles. The van der Waals surface area contributed by atoms with Crippen LogP contribution in [-0.2, 0) is 14.8 Å². The van der Waals surface area contributed by atoms with E-state index in [1.165, 1.54) is 23.1 Å². The van der Waals surface area contributed by atoms with Gasteiger partial charge in [-0.2, -0.15) is 4.31 Å². The second kappa shape index (κ2) is 8.58. The number of carbonyl (C=O) groups excluding carboxylic acids is 1. The number of sulfonamides is 1. The largest absolute Gasteiger partial charge is 0.339 e. The van der Waals surface area contributed by atoms with Crippen LogP contribution in [0.4, 0.5) is 8.78 Å². The molecule has 3 aromatic rings. The first-order valence-corrected chi connectivity index (χ1v) is 12.3. The van der Waals surface area contributed by atoms with E-state index in [4.69, 9.17) is 0 Å². The maximum absolute atomic E-state index is 13.9. The van der Waals surface area contributed by atoms with Crippen LogP contribution >= 0.6 is 23.1 Å². The van der Waals surface area contributed by atoms with Gasteiger partial charge < -0.3 is 4.90 Å². The van der Waals surface area contributed by atoms with Crippen molar-refractivity contribution in [1.29, 1.82) is 0 Å². The Balaban J connectivity index is 1.35. The van der Waals surface area contributed by atoms with E-state index in [-0.39, 0.29) is 37.8 Å². The number of benzene rings is 2. The smallest absolute Gasteiger partial charge is 0.246 e. The quantitative estimate of drug-likeness (QED) is 0.537. The highest BCUT2D eigenvalue weighted by atomic mass is 32.2. The lowest BCUT2D eigenvalue weighted by Gasteiger charge is -2.34. The van der Waals surface area contributed by atoms with Gasteiger partial charge in [-0.15, -0.1) is 11.3 Å². The van der Waals surface area contributed by atoms with Gasteiger partial charge in [-0.05, 0) is 24.3 Å². The highest BCUT2D eigenvalue weighted by molar-refractivity contribution is 8.01. The van der Waals surface area contributed by atoms with Crippen LogP contribution in [0.1, 0.15) is 0 Å². The lowest BCUT2D eigenvalue weighted by molar-refractivity contribution is -0.129. The third kappa shape index (κ3) is 4.34. The number of piperazine rings is 1. The first-order chi connectivity index (χ1) is 14.3. The molecule has 1 aliphatic rings. The SMILES string of the molecule is O=C(CSc1nc2ccccc2s1)N1CCN(S(=O)(=O)c2ccc(F)cc2F)CC1. The van der Waals surface area contributed by atoms with Crippen molar-refractivity contribution in [3.63, 3.8) is 0 Å². The maximum atomic E-state index is 13.9. The molecule has 0 saturated carbocycles. The Kier molecular flexibility index (Phi) is 6.05. The normalized spacial score (nSPS) is 15.6. The van der Waals surface area contributed by atoms with Crippen LogP contribution in [0.5, 0.6) is 0 Å². The fourth-order valence-corrected chi connectivity index (χ4v) is 6.57. The molecule has 0 radical (unpaired) electrons. The van der Waals surface area contributed by atoms with Crippen molar-refractivity contribution in [2.75, 3.05) is 31.9 Å². The number of thiazole rings is 1. The van der Waals surface area contributed by atoms with Crippen molar-refractivity contribution >= 4 is 49.2 Å². The number of nitrogens with zero attached hydrogens (tertiary/aromatic N) is 3. The summed E-state index contributed by atoms with van der Waals surface area (Å²) in [6.07, 6.45) is 0. The molecule has 0 N–H and O–H groups in total. The van der Waals surface area contributed by atoms with Crippen molar-refractivity contribution in [3.8, 4) is 0 Å². The fraction of sp³-hybridized carbons (Fsp3) is 0.263. The molecular weight excluding hydrogens is 452 g/mol. The topological polar surface area (TPSA) is 70.6 Å². The standard InChI is InChI=1S/C19H17F2N3O3S3/c20-13-5-6-17(14(21)11-13)30(26,27)24-9-7-23(8-10-24)18(25)12-28-19-22-15-3-1-2-4-16(15)29-19/h1-6,11H,7-10,12H2. The van der Waals surface area contributed by atoms with Crippen LogP contribution in [0.2, 0.25) is 0 Å². The third-order valence-corrected chi connectivity index (χ3v) is 8.79. The molecular formula is C19H17F2N3O3S3. The summed E-state index contributed by atoms with van der Waals surface area (Å²) in [6.45, 7) is 0.524. The van der Waals surface area contributed by atoms with E-state index in [9.17, 15) is 22.0 Å². The van der Waals surface area contributed by atoms with Gasteiger partial charge in [0.05, 0.1) is 16.0 Å². The molecule has 158 valence electrons. The van der Waals surface area contributed by atoms with Gasteiger partial charge in [-0.25, -0.2) is 22.2 Å². The maximum Gasteiger partial charge on any atom is 0.246 e.